The van der Waals surface area contributed by atoms with Gasteiger partial charge in [-0.25, -0.2) is 0 Å². The number of benzene rings is 2. The fraction of sp³-hybridized carbons (Fsp3) is 0.278. The van der Waals surface area contributed by atoms with Crippen molar-refractivity contribution in [3.05, 3.63) is 64.2 Å². The lowest BCUT2D eigenvalue weighted by Gasteiger charge is -2.09. The zero-order chi connectivity index (χ0) is 14.7. The lowest BCUT2D eigenvalue weighted by Crippen LogP contribution is -2.06. The number of hydrogen-bond donors (Lipinski definition) is 0. The summed E-state index contributed by atoms with van der Waals surface area (Å²) in [5.74, 6) is 0.972. The highest BCUT2D eigenvalue weighted by Crippen LogP contribution is 2.18. The standard InChI is InChI=1S/C18H20O2/c1-12-9-14(3)17(10-13(12)2)18(19)11-15-5-7-16(20-4)8-6-15/h5-10H,11H2,1-4H3. The topological polar surface area (TPSA) is 26.3 Å². The second kappa shape index (κ2) is 5.91. The zero-order valence-electron chi connectivity index (χ0n) is 12.5. The van der Waals surface area contributed by atoms with E-state index in [0.29, 0.717) is 6.42 Å². The molecule has 20 heavy (non-hydrogen) atoms. The van der Waals surface area contributed by atoms with Crippen LogP contribution in [0.3, 0.4) is 0 Å². The molecule has 2 aromatic rings. The molecule has 0 fully saturated rings. The van der Waals surface area contributed by atoms with Crippen molar-refractivity contribution in [2.24, 2.45) is 0 Å². The monoisotopic (exact) mass is 268 g/mol. The summed E-state index contributed by atoms with van der Waals surface area (Å²) in [6.45, 7) is 6.10. The lowest BCUT2D eigenvalue weighted by molar-refractivity contribution is 0.0992. The first-order chi connectivity index (χ1) is 9.51. The normalized spacial score (nSPS) is 10.4. The van der Waals surface area contributed by atoms with E-state index in [2.05, 4.69) is 13.0 Å². The number of Topliss-reactive ketones (excluding diaryl/α,β-unsaturated/α-hetero) is 1. The molecule has 2 nitrogen and oxygen atoms in total. The third-order valence-electron chi connectivity index (χ3n) is 3.66. The van der Waals surface area contributed by atoms with E-state index in [9.17, 15) is 4.79 Å². The molecule has 0 bridgehead atoms. The summed E-state index contributed by atoms with van der Waals surface area (Å²) in [6.07, 6.45) is 0.424. The largest absolute Gasteiger partial charge is 0.497 e. The smallest absolute Gasteiger partial charge is 0.167 e. The molecule has 0 unspecified atom stereocenters. The summed E-state index contributed by atoms with van der Waals surface area (Å²) in [5, 5.41) is 0. The minimum Gasteiger partial charge on any atom is -0.497 e. The van der Waals surface area contributed by atoms with Crippen LogP contribution in [0.2, 0.25) is 0 Å². The highest BCUT2D eigenvalue weighted by Gasteiger charge is 2.11. The molecule has 0 amide bonds. The molecule has 2 aromatic carbocycles. The minimum absolute atomic E-state index is 0.163. The predicted octanol–water partition coefficient (Wildman–Crippen LogP) is 4.05. The summed E-state index contributed by atoms with van der Waals surface area (Å²) < 4.78 is 5.12. The average Bonchev–Trinajstić information content (AvgIpc) is 2.43. The van der Waals surface area contributed by atoms with Crippen molar-refractivity contribution < 1.29 is 9.53 Å². The quantitative estimate of drug-likeness (QED) is 0.782. The predicted molar refractivity (Wildman–Crippen MR) is 81.7 cm³/mol. The van der Waals surface area contributed by atoms with Crippen LogP contribution in [0.25, 0.3) is 0 Å². The Labute approximate surface area is 120 Å². The van der Waals surface area contributed by atoms with Crippen LogP contribution in [-0.4, -0.2) is 12.9 Å². The third-order valence-corrected chi connectivity index (χ3v) is 3.66. The van der Waals surface area contributed by atoms with Gasteiger partial charge in [0.15, 0.2) is 5.78 Å². The summed E-state index contributed by atoms with van der Waals surface area (Å²) in [7, 11) is 1.64. The van der Waals surface area contributed by atoms with Gasteiger partial charge in [0.25, 0.3) is 0 Å². The Balaban J connectivity index is 2.21. The Morgan fingerprint density at radius 3 is 2.15 bits per heavy atom. The Morgan fingerprint density at radius 2 is 1.55 bits per heavy atom. The lowest BCUT2D eigenvalue weighted by atomic mass is 9.95. The average molecular weight is 268 g/mol. The van der Waals surface area contributed by atoms with E-state index in [1.165, 1.54) is 5.56 Å². The van der Waals surface area contributed by atoms with Crippen molar-refractivity contribution in [3.63, 3.8) is 0 Å². The molecule has 0 spiro atoms. The molecule has 2 rings (SSSR count). The number of aryl methyl sites for hydroxylation is 3. The molecular weight excluding hydrogens is 248 g/mol. The van der Waals surface area contributed by atoms with Crippen molar-refractivity contribution >= 4 is 5.78 Å². The molecule has 0 aromatic heterocycles. The second-order valence-corrected chi connectivity index (χ2v) is 5.20. The van der Waals surface area contributed by atoms with Crippen LogP contribution in [-0.2, 0) is 6.42 Å². The molecule has 0 saturated carbocycles. The Morgan fingerprint density at radius 1 is 0.950 bits per heavy atom. The van der Waals surface area contributed by atoms with E-state index < -0.39 is 0 Å². The van der Waals surface area contributed by atoms with Crippen LogP contribution < -0.4 is 4.74 Å². The van der Waals surface area contributed by atoms with Crippen molar-refractivity contribution in [1.82, 2.24) is 0 Å². The highest BCUT2D eigenvalue weighted by molar-refractivity contribution is 5.99. The van der Waals surface area contributed by atoms with Gasteiger partial charge in [-0.2, -0.15) is 0 Å². The van der Waals surface area contributed by atoms with E-state index in [4.69, 9.17) is 4.74 Å². The first-order valence-corrected chi connectivity index (χ1v) is 6.75. The Kier molecular flexibility index (Phi) is 4.23. The van der Waals surface area contributed by atoms with Crippen molar-refractivity contribution in [3.8, 4) is 5.75 Å². The Hall–Kier alpha value is -2.09. The van der Waals surface area contributed by atoms with Gasteiger partial charge in [0.2, 0.25) is 0 Å². The number of ether oxygens (including phenoxy) is 1. The van der Waals surface area contributed by atoms with Gasteiger partial charge in [0.1, 0.15) is 5.75 Å². The molecule has 0 aliphatic heterocycles. The van der Waals surface area contributed by atoms with Crippen molar-refractivity contribution in [2.45, 2.75) is 27.2 Å². The first-order valence-electron chi connectivity index (χ1n) is 6.75. The molecule has 0 aliphatic carbocycles. The van der Waals surface area contributed by atoms with E-state index >= 15 is 0 Å². The number of ketones is 1. The van der Waals surface area contributed by atoms with Gasteiger partial charge in [-0.3, -0.25) is 4.79 Å². The molecule has 0 saturated heterocycles. The highest BCUT2D eigenvalue weighted by atomic mass is 16.5. The van der Waals surface area contributed by atoms with E-state index in [-0.39, 0.29) is 5.78 Å². The summed E-state index contributed by atoms with van der Waals surface area (Å²) in [5.41, 5.74) is 5.26. The van der Waals surface area contributed by atoms with E-state index in [1.54, 1.807) is 7.11 Å². The van der Waals surface area contributed by atoms with Gasteiger partial charge in [-0.1, -0.05) is 18.2 Å². The van der Waals surface area contributed by atoms with Crippen LogP contribution in [0.5, 0.6) is 5.75 Å². The number of hydrogen-bond acceptors (Lipinski definition) is 2. The first kappa shape index (κ1) is 14.3. The third kappa shape index (κ3) is 3.08. The maximum Gasteiger partial charge on any atom is 0.167 e. The summed E-state index contributed by atoms with van der Waals surface area (Å²) in [6, 6.07) is 11.7. The van der Waals surface area contributed by atoms with Crippen LogP contribution in [0.4, 0.5) is 0 Å². The van der Waals surface area contributed by atoms with Gasteiger partial charge < -0.3 is 4.74 Å². The van der Waals surface area contributed by atoms with Crippen LogP contribution in [0.1, 0.15) is 32.6 Å². The number of carbonyl (C=O) groups is 1. The number of rotatable bonds is 4. The fourth-order valence-electron chi connectivity index (χ4n) is 2.28. The van der Waals surface area contributed by atoms with Gasteiger partial charge in [0.05, 0.1) is 7.11 Å². The summed E-state index contributed by atoms with van der Waals surface area (Å²) >= 11 is 0. The molecule has 0 N–H and O–H groups in total. The summed E-state index contributed by atoms with van der Waals surface area (Å²) in [4.78, 5) is 12.4. The second-order valence-electron chi connectivity index (χ2n) is 5.20. The van der Waals surface area contributed by atoms with Gasteiger partial charge >= 0.3 is 0 Å². The zero-order valence-corrected chi connectivity index (χ0v) is 12.5. The fourth-order valence-corrected chi connectivity index (χ4v) is 2.28. The van der Waals surface area contributed by atoms with Gasteiger partial charge in [-0.05, 0) is 61.2 Å². The number of carbonyl (C=O) groups excluding carboxylic acids is 1. The van der Waals surface area contributed by atoms with Crippen molar-refractivity contribution in [2.75, 3.05) is 7.11 Å². The molecule has 2 heteroatoms. The molecule has 104 valence electrons. The number of methoxy groups -OCH3 is 1. The SMILES string of the molecule is COc1ccc(CC(=O)c2cc(C)c(C)cc2C)cc1. The van der Waals surface area contributed by atoms with Crippen LogP contribution in [0, 0.1) is 20.8 Å². The molecule has 0 radical (unpaired) electrons. The van der Waals surface area contributed by atoms with Crippen molar-refractivity contribution in [1.29, 1.82) is 0 Å². The minimum atomic E-state index is 0.163. The van der Waals surface area contributed by atoms with Crippen LogP contribution in [0.15, 0.2) is 36.4 Å². The maximum absolute atomic E-state index is 12.4. The molecule has 0 heterocycles. The molecule has 0 aliphatic rings. The Bertz CT molecular complexity index is 625. The van der Waals surface area contributed by atoms with Gasteiger partial charge in [-0.15, -0.1) is 0 Å². The molecule has 0 atom stereocenters. The van der Waals surface area contributed by atoms with E-state index in [1.807, 2.05) is 44.2 Å². The van der Waals surface area contributed by atoms with Crippen LogP contribution >= 0.6 is 0 Å². The maximum atomic E-state index is 12.4. The van der Waals surface area contributed by atoms with E-state index in [0.717, 1.165) is 28.0 Å². The molecular formula is C18H20O2. The van der Waals surface area contributed by atoms with Gasteiger partial charge in [0, 0.05) is 12.0 Å².